The molecule has 1 aromatic heterocycles. The van der Waals surface area contributed by atoms with Gasteiger partial charge in [-0.25, -0.2) is 4.79 Å². The van der Waals surface area contributed by atoms with E-state index in [0.29, 0.717) is 18.6 Å². The molecule has 0 spiro atoms. The van der Waals surface area contributed by atoms with Gasteiger partial charge in [0.2, 0.25) is 5.91 Å². The fourth-order valence-electron chi connectivity index (χ4n) is 3.79. The van der Waals surface area contributed by atoms with Gasteiger partial charge < -0.3 is 4.90 Å². The van der Waals surface area contributed by atoms with E-state index in [4.69, 9.17) is 0 Å². The van der Waals surface area contributed by atoms with E-state index in [0.717, 1.165) is 18.3 Å². The number of piperidine rings is 1. The van der Waals surface area contributed by atoms with E-state index in [9.17, 15) is 27.6 Å². The molecule has 1 atom stereocenters. The van der Waals surface area contributed by atoms with Crippen LogP contribution in [0.15, 0.2) is 47.6 Å². The number of halogens is 3. The number of alkyl halides is 3. The summed E-state index contributed by atoms with van der Waals surface area (Å²) in [4.78, 5) is 47.7. The van der Waals surface area contributed by atoms with E-state index in [1.54, 1.807) is 24.3 Å². The van der Waals surface area contributed by atoms with E-state index in [2.05, 4.69) is 9.98 Å². The van der Waals surface area contributed by atoms with Crippen molar-refractivity contribution in [3.8, 4) is 0 Å². The molecular weight excluding hydrogens is 401 g/mol. The average molecular weight is 418 g/mol. The van der Waals surface area contributed by atoms with Gasteiger partial charge in [0.15, 0.2) is 0 Å². The largest absolute Gasteiger partial charge is 0.433 e. The summed E-state index contributed by atoms with van der Waals surface area (Å²) in [6.45, 7) is 0.525. The first-order valence-electron chi connectivity index (χ1n) is 9.39. The lowest BCUT2D eigenvalue weighted by Crippen LogP contribution is -2.54. The summed E-state index contributed by atoms with van der Waals surface area (Å²) in [6.07, 6.45) is 3.85. The molecule has 3 aliphatic rings. The number of nitrogens with zero attached hydrogens (tertiary/aromatic N) is 4. The standard InChI is InChI=1S/C20H17F3N4O3/c21-20(22,23)16-6-5-12(11-24-16)17(28)26-9-7-13(8-10-26)27-18(29)14-3-1-2-4-15(14)25-19(27)30/h1-6,11,13-14H,7-10H2. The van der Waals surface area contributed by atoms with Crippen molar-refractivity contribution in [2.45, 2.75) is 25.1 Å². The normalized spacial score (nSPS) is 22.2. The molecule has 1 aliphatic carbocycles. The van der Waals surface area contributed by atoms with Crippen molar-refractivity contribution in [2.75, 3.05) is 13.1 Å². The quantitative estimate of drug-likeness (QED) is 0.740. The summed E-state index contributed by atoms with van der Waals surface area (Å²) >= 11 is 0. The molecule has 1 saturated heterocycles. The molecule has 10 heteroatoms. The minimum atomic E-state index is -4.57. The first-order valence-corrected chi connectivity index (χ1v) is 9.39. The van der Waals surface area contributed by atoms with Crippen LogP contribution >= 0.6 is 0 Å². The second-order valence-corrected chi connectivity index (χ2v) is 7.20. The van der Waals surface area contributed by atoms with Crippen LogP contribution in [0.4, 0.5) is 18.0 Å². The van der Waals surface area contributed by atoms with E-state index in [1.807, 2.05) is 0 Å². The number of likely N-dealkylation sites (tertiary alicyclic amines) is 1. The Morgan fingerprint density at radius 3 is 2.47 bits per heavy atom. The molecule has 156 valence electrons. The monoisotopic (exact) mass is 418 g/mol. The number of hydrogen-bond donors (Lipinski definition) is 0. The van der Waals surface area contributed by atoms with Crippen LogP contribution < -0.4 is 0 Å². The molecule has 0 radical (unpaired) electrons. The molecule has 4 amide bonds. The van der Waals surface area contributed by atoms with Crippen LogP contribution in [-0.4, -0.2) is 57.5 Å². The lowest BCUT2D eigenvalue weighted by Gasteiger charge is -2.39. The third-order valence-electron chi connectivity index (χ3n) is 5.35. The number of allylic oxidation sites excluding steroid dienone is 3. The van der Waals surface area contributed by atoms with Gasteiger partial charge >= 0.3 is 12.2 Å². The van der Waals surface area contributed by atoms with Gasteiger partial charge in [-0.15, -0.1) is 0 Å². The van der Waals surface area contributed by atoms with Gasteiger partial charge in [0.05, 0.1) is 17.2 Å². The topological polar surface area (TPSA) is 82.9 Å². The van der Waals surface area contributed by atoms with Crippen molar-refractivity contribution in [3.05, 3.63) is 53.9 Å². The van der Waals surface area contributed by atoms with Gasteiger partial charge in [-0.05, 0) is 31.1 Å². The summed E-state index contributed by atoms with van der Waals surface area (Å²) in [5, 5.41) is 0. The second kappa shape index (κ2) is 7.51. The Hall–Kier alpha value is -3.30. The number of carbonyl (C=O) groups is 3. The van der Waals surface area contributed by atoms with Crippen LogP contribution in [0.2, 0.25) is 0 Å². The van der Waals surface area contributed by atoms with Crippen molar-refractivity contribution >= 4 is 23.6 Å². The lowest BCUT2D eigenvalue weighted by atomic mass is 9.93. The predicted molar refractivity (Wildman–Crippen MR) is 99.6 cm³/mol. The first kappa shape index (κ1) is 20.0. The molecule has 30 heavy (non-hydrogen) atoms. The predicted octanol–water partition coefficient (Wildman–Crippen LogP) is 2.85. The zero-order valence-electron chi connectivity index (χ0n) is 15.7. The molecule has 2 aliphatic heterocycles. The fraction of sp³-hybridized carbons (Fsp3) is 0.350. The van der Waals surface area contributed by atoms with Crippen LogP contribution in [-0.2, 0) is 11.0 Å². The average Bonchev–Trinajstić information content (AvgIpc) is 2.73. The smallest absolute Gasteiger partial charge is 0.338 e. The highest BCUT2D eigenvalue weighted by molar-refractivity contribution is 6.21. The SMILES string of the molecule is O=C(c1ccc(C(F)(F)F)nc1)N1CCC(N2C(=O)N=C3C=CC=CC3C2=O)CC1. The Bertz CT molecular complexity index is 974. The lowest BCUT2D eigenvalue weighted by molar-refractivity contribution is -0.141. The molecule has 0 bridgehead atoms. The third-order valence-corrected chi connectivity index (χ3v) is 5.35. The van der Waals surface area contributed by atoms with E-state index in [-0.39, 0.29) is 30.6 Å². The van der Waals surface area contributed by atoms with Crippen LogP contribution in [0.1, 0.15) is 28.9 Å². The minimum absolute atomic E-state index is 0.0555. The van der Waals surface area contributed by atoms with Gasteiger partial charge in [0.25, 0.3) is 5.91 Å². The summed E-state index contributed by atoms with van der Waals surface area (Å²) in [5.74, 6) is -1.35. The maximum atomic E-state index is 12.8. The third kappa shape index (κ3) is 3.64. The van der Waals surface area contributed by atoms with Crippen LogP contribution in [0.5, 0.6) is 0 Å². The molecule has 0 saturated carbocycles. The van der Waals surface area contributed by atoms with Crippen molar-refractivity contribution in [1.82, 2.24) is 14.8 Å². The number of amides is 4. The minimum Gasteiger partial charge on any atom is -0.338 e. The van der Waals surface area contributed by atoms with E-state index >= 15 is 0 Å². The second-order valence-electron chi connectivity index (χ2n) is 7.20. The van der Waals surface area contributed by atoms with E-state index < -0.39 is 29.7 Å². The summed E-state index contributed by atoms with van der Waals surface area (Å²) in [6, 6.07) is 0.876. The van der Waals surface area contributed by atoms with Crippen LogP contribution in [0.3, 0.4) is 0 Å². The van der Waals surface area contributed by atoms with Gasteiger partial charge in [-0.2, -0.15) is 18.2 Å². The Morgan fingerprint density at radius 1 is 1.10 bits per heavy atom. The summed E-state index contributed by atoms with van der Waals surface area (Å²) < 4.78 is 37.9. The molecule has 0 aromatic carbocycles. The van der Waals surface area contributed by atoms with Crippen molar-refractivity contribution in [2.24, 2.45) is 10.9 Å². The number of aliphatic imine (C=N–C) groups is 1. The van der Waals surface area contributed by atoms with Crippen molar-refractivity contribution in [1.29, 1.82) is 0 Å². The Kier molecular flexibility index (Phi) is 5.00. The molecule has 0 N–H and O–H groups in total. The molecule has 1 fully saturated rings. The number of urea groups is 1. The number of imide groups is 1. The van der Waals surface area contributed by atoms with Gasteiger partial charge in [-0.1, -0.05) is 18.2 Å². The number of carbonyl (C=O) groups excluding carboxylic acids is 3. The molecule has 7 nitrogen and oxygen atoms in total. The first-order chi connectivity index (χ1) is 14.3. The Labute approximate surface area is 169 Å². The zero-order valence-corrected chi connectivity index (χ0v) is 15.7. The maximum absolute atomic E-state index is 12.8. The Morgan fingerprint density at radius 2 is 1.83 bits per heavy atom. The molecule has 1 aromatic rings. The zero-order chi connectivity index (χ0) is 21.5. The van der Waals surface area contributed by atoms with Crippen molar-refractivity contribution < 1.29 is 27.6 Å². The number of pyridine rings is 1. The van der Waals surface area contributed by atoms with Crippen LogP contribution in [0, 0.1) is 5.92 Å². The summed E-state index contributed by atoms with van der Waals surface area (Å²) in [7, 11) is 0. The van der Waals surface area contributed by atoms with Gasteiger partial charge in [-0.3, -0.25) is 19.5 Å². The van der Waals surface area contributed by atoms with Gasteiger partial charge in [0.1, 0.15) is 5.69 Å². The molecule has 4 rings (SSSR count). The highest BCUT2D eigenvalue weighted by atomic mass is 19.4. The fourth-order valence-corrected chi connectivity index (χ4v) is 3.79. The highest BCUT2D eigenvalue weighted by Crippen LogP contribution is 2.28. The van der Waals surface area contributed by atoms with Crippen LogP contribution in [0.25, 0.3) is 0 Å². The molecular formula is C20H17F3N4O3. The number of hydrogen-bond acceptors (Lipinski definition) is 4. The number of aromatic nitrogens is 1. The number of fused-ring (bicyclic) bond motifs is 1. The summed E-state index contributed by atoms with van der Waals surface area (Å²) in [5.41, 5.74) is -0.586. The van der Waals surface area contributed by atoms with E-state index in [1.165, 1.54) is 9.80 Å². The molecule has 1 unspecified atom stereocenters. The maximum Gasteiger partial charge on any atom is 0.433 e. The van der Waals surface area contributed by atoms with Gasteiger partial charge in [0, 0.05) is 25.3 Å². The van der Waals surface area contributed by atoms with Crippen molar-refractivity contribution in [3.63, 3.8) is 0 Å². The highest BCUT2D eigenvalue weighted by Gasteiger charge is 2.41. The number of rotatable bonds is 2. The molecule has 3 heterocycles. The Balaban J connectivity index is 1.41.